The Kier molecular flexibility index (Phi) is 6.22. The van der Waals surface area contributed by atoms with Crippen LogP contribution in [0.4, 0.5) is 4.39 Å². The molecule has 1 aromatic rings. The lowest BCUT2D eigenvalue weighted by atomic mass is 9.94. The molecular weight excluding hydrogens is 247 g/mol. The van der Waals surface area contributed by atoms with Crippen LogP contribution in [-0.4, -0.2) is 20.2 Å². The molecule has 0 unspecified atom stereocenters. The predicted molar refractivity (Wildman–Crippen MR) is 71.1 cm³/mol. The molecule has 0 bridgehead atoms. The van der Waals surface area contributed by atoms with Gasteiger partial charge >= 0.3 is 5.97 Å². The third-order valence-corrected chi connectivity index (χ3v) is 3.01. The summed E-state index contributed by atoms with van der Waals surface area (Å²) in [7, 11) is 2.92. The molecule has 0 radical (unpaired) electrons. The summed E-state index contributed by atoms with van der Waals surface area (Å²) >= 11 is 0. The molecule has 2 atom stereocenters. The lowest BCUT2D eigenvalue weighted by molar-refractivity contribution is -0.146. The maximum atomic E-state index is 12.9. The van der Waals surface area contributed by atoms with Crippen molar-refractivity contribution in [3.8, 4) is 0 Å². The standard InChI is InChI=1S/C15H19FO3/c1-4-5-12(15(17)19-3)10-14(18-2)11-6-8-13(16)9-7-11/h4,6-9,12,14H,1,5,10H2,2-3H3/t12-,14+/m0/s1. The summed E-state index contributed by atoms with van der Waals surface area (Å²) < 4.78 is 23.0. The van der Waals surface area contributed by atoms with E-state index in [2.05, 4.69) is 6.58 Å². The van der Waals surface area contributed by atoms with Crippen molar-refractivity contribution in [3.05, 3.63) is 48.3 Å². The molecule has 19 heavy (non-hydrogen) atoms. The Morgan fingerprint density at radius 2 is 2.00 bits per heavy atom. The maximum Gasteiger partial charge on any atom is 0.309 e. The Bertz CT molecular complexity index is 414. The number of esters is 1. The first-order valence-electron chi connectivity index (χ1n) is 6.09. The molecule has 0 fully saturated rings. The monoisotopic (exact) mass is 266 g/mol. The molecule has 3 nitrogen and oxygen atoms in total. The van der Waals surface area contributed by atoms with E-state index in [9.17, 15) is 9.18 Å². The molecular formula is C15H19FO3. The van der Waals surface area contributed by atoms with Gasteiger partial charge in [0.2, 0.25) is 0 Å². The zero-order chi connectivity index (χ0) is 14.3. The Morgan fingerprint density at radius 1 is 1.37 bits per heavy atom. The fourth-order valence-electron chi connectivity index (χ4n) is 1.96. The molecule has 1 rings (SSSR count). The first-order chi connectivity index (χ1) is 9.12. The zero-order valence-corrected chi connectivity index (χ0v) is 11.3. The number of methoxy groups -OCH3 is 2. The average molecular weight is 266 g/mol. The van der Waals surface area contributed by atoms with Crippen LogP contribution in [0.1, 0.15) is 24.5 Å². The van der Waals surface area contributed by atoms with Gasteiger partial charge in [-0.3, -0.25) is 4.79 Å². The number of allylic oxidation sites excluding steroid dienone is 1. The number of ether oxygens (including phenoxy) is 2. The van der Waals surface area contributed by atoms with Crippen LogP contribution in [0.5, 0.6) is 0 Å². The average Bonchev–Trinajstić information content (AvgIpc) is 2.43. The van der Waals surface area contributed by atoms with Crippen molar-refractivity contribution in [2.24, 2.45) is 5.92 Å². The van der Waals surface area contributed by atoms with E-state index in [-0.39, 0.29) is 23.8 Å². The molecule has 0 N–H and O–H groups in total. The van der Waals surface area contributed by atoms with Gasteiger partial charge in [-0.1, -0.05) is 18.2 Å². The van der Waals surface area contributed by atoms with E-state index in [1.165, 1.54) is 19.2 Å². The molecule has 0 aliphatic rings. The Labute approximate surface area is 113 Å². The van der Waals surface area contributed by atoms with Crippen molar-refractivity contribution in [3.63, 3.8) is 0 Å². The quantitative estimate of drug-likeness (QED) is 0.561. The minimum Gasteiger partial charge on any atom is -0.469 e. The molecule has 0 aliphatic carbocycles. The van der Waals surface area contributed by atoms with E-state index in [0.29, 0.717) is 12.8 Å². The lowest BCUT2D eigenvalue weighted by Gasteiger charge is -2.20. The molecule has 1 aromatic carbocycles. The van der Waals surface area contributed by atoms with E-state index in [1.807, 2.05) is 0 Å². The molecule has 0 heterocycles. The Morgan fingerprint density at radius 3 is 2.47 bits per heavy atom. The van der Waals surface area contributed by atoms with E-state index in [4.69, 9.17) is 9.47 Å². The predicted octanol–water partition coefficient (Wildman–Crippen LogP) is 3.27. The summed E-state index contributed by atoms with van der Waals surface area (Å²) in [5.41, 5.74) is 0.835. The van der Waals surface area contributed by atoms with E-state index < -0.39 is 0 Å². The van der Waals surface area contributed by atoms with E-state index in [1.54, 1.807) is 25.3 Å². The van der Waals surface area contributed by atoms with Gasteiger partial charge < -0.3 is 9.47 Å². The Balaban J connectivity index is 2.81. The van der Waals surface area contributed by atoms with Gasteiger partial charge in [0.05, 0.1) is 19.1 Å². The number of hydrogen-bond acceptors (Lipinski definition) is 3. The SMILES string of the molecule is C=CC[C@@H](C[C@@H](OC)c1ccc(F)cc1)C(=O)OC. The molecule has 0 spiro atoms. The van der Waals surface area contributed by atoms with Crippen LogP contribution in [0.2, 0.25) is 0 Å². The van der Waals surface area contributed by atoms with Crippen LogP contribution in [0.25, 0.3) is 0 Å². The fraction of sp³-hybridized carbons (Fsp3) is 0.400. The van der Waals surface area contributed by atoms with Gasteiger partial charge in [-0.25, -0.2) is 4.39 Å². The molecule has 0 saturated carbocycles. The molecule has 0 aromatic heterocycles. The minimum atomic E-state index is -0.308. The van der Waals surface area contributed by atoms with Crippen LogP contribution in [0, 0.1) is 11.7 Å². The Hall–Kier alpha value is -1.68. The number of hydrogen-bond donors (Lipinski definition) is 0. The highest BCUT2D eigenvalue weighted by atomic mass is 19.1. The topological polar surface area (TPSA) is 35.5 Å². The highest BCUT2D eigenvalue weighted by Crippen LogP contribution is 2.27. The van der Waals surface area contributed by atoms with Crippen LogP contribution < -0.4 is 0 Å². The second-order valence-corrected chi connectivity index (χ2v) is 4.26. The van der Waals surface area contributed by atoms with Gasteiger partial charge in [-0.05, 0) is 30.5 Å². The van der Waals surface area contributed by atoms with Gasteiger partial charge in [0.15, 0.2) is 0 Å². The van der Waals surface area contributed by atoms with Crippen molar-refractivity contribution in [1.82, 2.24) is 0 Å². The summed E-state index contributed by atoms with van der Waals surface area (Å²) in [5.74, 6) is -0.893. The number of benzene rings is 1. The first-order valence-corrected chi connectivity index (χ1v) is 6.09. The maximum absolute atomic E-state index is 12.9. The largest absolute Gasteiger partial charge is 0.469 e. The second-order valence-electron chi connectivity index (χ2n) is 4.26. The van der Waals surface area contributed by atoms with Crippen molar-refractivity contribution in [2.75, 3.05) is 14.2 Å². The summed E-state index contributed by atoms with van der Waals surface area (Å²) in [5, 5.41) is 0. The second kappa shape index (κ2) is 7.69. The minimum absolute atomic E-state index is 0.273. The van der Waals surface area contributed by atoms with E-state index in [0.717, 1.165) is 5.56 Å². The third-order valence-electron chi connectivity index (χ3n) is 3.01. The van der Waals surface area contributed by atoms with Crippen molar-refractivity contribution in [1.29, 1.82) is 0 Å². The van der Waals surface area contributed by atoms with Crippen LogP contribution in [0.15, 0.2) is 36.9 Å². The molecule has 0 saturated heterocycles. The van der Waals surface area contributed by atoms with Gasteiger partial charge in [0.1, 0.15) is 5.82 Å². The fourth-order valence-corrected chi connectivity index (χ4v) is 1.96. The van der Waals surface area contributed by atoms with Crippen molar-refractivity contribution < 1.29 is 18.7 Å². The van der Waals surface area contributed by atoms with Gasteiger partial charge in [0, 0.05) is 7.11 Å². The summed E-state index contributed by atoms with van der Waals surface area (Å²) in [6, 6.07) is 6.07. The van der Waals surface area contributed by atoms with Gasteiger partial charge in [0.25, 0.3) is 0 Å². The van der Waals surface area contributed by atoms with Crippen LogP contribution in [0.3, 0.4) is 0 Å². The van der Waals surface area contributed by atoms with Gasteiger partial charge in [-0.2, -0.15) is 0 Å². The number of carbonyl (C=O) groups excluding carboxylic acids is 1. The molecule has 4 heteroatoms. The summed E-state index contributed by atoms with van der Waals surface area (Å²) in [6.45, 7) is 3.64. The highest BCUT2D eigenvalue weighted by Gasteiger charge is 2.23. The number of rotatable bonds is 7. The number of halogens is 1. The zero-order valence-electron chi connectivity index (χ0n) is 11.3. The van der Waals surface area contributed by atoms with Crippen LogP contribution >= 0.6 is 0 Å². The summed E-state index contributed by atoms with van der Waals surface area (Å²) in [4.78, 5) is 11.7. The number of carbonyl (C=O) groups is 1. The molecule has 0 amide bonds. The lowest BCUT2D eigenvalue weighted by Crippen LogP contribution is -2.19. The smallest absolute Gasteiger partial charge is 0.309 e. The van der Waals surface area contributed by atoms with Crippen molar-refractivity contribution in [2.45, 2.75) is 18.9 Å². The summed E-state index contributed by atoms with van der Waals surface area (Å²) in [6.07, 6.45) is 2.40. The van der Waals surface area contributed by atoms with Crippen molar-refractivity contribution >= 4 is 5.97 Å². The highest BCUT2D eigenvalue weighted by molar-refractivity contribution is 5.72. The molecule has 104 valence electrons. The third kappa shape index (κ3) is 4.48. The molecule has 0 aliphatic heterocycles. The van der Waals surface area contributed by atoms with Gasteiger partial charge in [-0.15, -0.1) is 6.58 Å². The normalized spacial score (nSPS) is 13.6. The van der Waals surface area contributed by atoms with Crippen LogP contribution in [-0.2, 0) is 14.3 Å². The first kappa shape index (κ1) is 15.4. The van der Waals surface area contributed by atoms with E-state index >= 15 is 0 Å².